The van der Waals surface area contributed by atoms with Crippen LogP contribution in [0.1, 0.15) is 11.1 Å². The van der Waals surface area contributed by atoms with Crippen LogP contribution >= 0.6 is 0 Å². The molecule has 0 radical (unpaired) electrons. The first-order valence-corrected chi connectivity index (χ1v) is 8.84. The summed E-state index contributed by atoms with van der Waals surface area (Å²) in [4.78, 5) is 24.3. The first-order valence-electron chi connectivity index (χ1n) is 8.84. The third-order valence-corrected chi connectivity index (χ3v) is 4.10. The van der Waals surface area contributed by atoms with Crippen molar-refractivity contribution in [3.05, 3.63) is 101 Å². The molecule has 3 aromatic heterocycles. The van der Waals surface area contributed by atoms with Gasteiger partial charge < -0.3 is 4.74 Å². The largest absolute Gasteiger partial charge is 0.459 e. The van der Waals surface area contributed by atoms with Crippen molar-refractivity contribution in [3.8, 4) is 17.3 Å². The average molecular weight is 389 g/mol. The van der Waals surface area contributed by atoms with Gasteiger partial charge in [0.05, 0.1) is 18.4 Å². The van der Waals surface area contributed by atoms with Gasteiger partial charge in [-0.25, -0.2) is 19.0 Å². The summed E-state index contributed by atoms with van der Waals surface area (Å²) in [6.07, 6.45) is 5.75. The Morgan fingerprint density at radius 1 is 0.931 bits per heavy atom. The lowest BCUT2D eigenvalue weighted by molar-refractivity contribution is 0.280. The molecular formula is C21H16FN5O2. The summed E-state index contributed by atoms with van der Waals surface area (Å²) in [6.45, 7) is 0.474. The molecule has 144 valence electrons. The molecule has 29 heavy (non-hydrogen) atoms. The van der Waals surface area contributed by atoms with Gasteiger partial charge >= 0.3 is 6.01 Å². The van der Waals surface area contributed by atoms with Gasteiger partial charge in [-0.1, -0.05) is 30.3 Å². The third-order valence-electron chi connectivity index (χ3n) is 4.10. The molecule has 0 aliphatic carbocycles. The summed E-state index contributed by atoms with van der Waals surface area (Å²) in [5.74, 6) is -0.466. The van der Waals surface area contributed by atoms with Crippen LogP contribution in [0.25, 0.3) is 11.3 Å². The van der Waals surface area contributed by atoms with E-state index in [2.05, 4.69) is 20.1 Å². The molecule has 0 atom stereocenters. The summed E-state index contributed by atoms with van der Waals surface area (Å²) < 4.78 is 20.1. The Morgan fingerprint density at radius 3 is 2.48 bits per heavy atom. The molecule has 8 heteroatoms. The van der Waals surface area contributed by atoms with Gasteiger partial charge in [0.15, 0.2) is 0 Å². The maximum atomic E-state index is 13.3. The molecule has 3 heterocycles. The number of hydrogen-bond acceptors (Lipinski definition) is 6. The number of benzene rings is 1. The van der Waals surface area contributed by atoms with E-state index in [4.69, 9.17) is 4.74 Å². The van der Waals surface area contributed by atoms with E-state index in [-0.39, 0.29) is 18.1 Å². The van der Waals surface area contributed by atoms with Crippen LogP contribution in [-0.4, -0.2) is 24.7 Å². The standard InChI is InChI=1S/C21H16FN5O2/c22-18-8-16(9-23-12-18)13-27-20(28)7-6-19(26-27)17-10-24-21(25-11-17)29-14-15-4-2-1-3-5-15/h1-12H,13-14H2. The average Bonchev–Trinajstić information content (AvgIpc) is 2.75. The van der Waals surface area contributed by atoms with Crippen LogP contribution in [0.4, 0.5) is 4.39 Å². The number of pyridine rings is 1. The molecular weight excluding hydrogens is 373 g/mol. The minimum Gasteiger partial charge on any atom is -0.459 e. The van der Waals surface area contributed by atoms with Crippen molar-refractivity contribution in [1.29, 1.82) is 0 Å². The highest BCUT2D eigenvalue weighted by atomic mass is 19.1. The fourth-order valence-corrected chi connectivity index (χ4v) is 2.68. The Morgan fingerprint density at radius 2 is 1.72 bits per heavy atom. The van der Waals surface area contributed by atoms with E-state index in [0.717, 1.165) is 11.8 Å². The van der Waals surface area contributed by atoms with Gasteiger partial charge in [0.2, 0.25) is 0 Å². The maximum Gasteiger partial charge on any atom is 0.316 e. The first-order chi connectivity index (χ1) is 14.2. The predicted molar refractivity (Wildman–Crippen MR) is 104 cm³/mol. The number of aromatic nitrogens is 5. The van der Waals surface area contributed by atoms with E-state index in [9.17, 15) is 9.18 Å². The summed E-state index contributed by atoms with van der Waals surface area (Å²) in [5, 5.41) is 4.32. The smallest absolute Gasteiger partial charge is 0.316 e. The highest BCUT2D eigenvalue weighted by Crippen LogP contribution is 2.15. The van der Waals surface area contributed by atoms with E-state index >= 15 is 0 Å². The lowest BCUT2D eigenvalue weighted by Gasteiger charge is -2.08. The second-order valence-electron chi connectivity index (χ2n) is 6.25. The van der Waals surface area contributed by atoms with Gasteiger partial charge in [-0.05, 0) is 23.3 Å². The quantitative estimate of drug-likeness (QED) is 0.504. The fraction of sp³-hybridized carbons (Fsp3) is 0.0952. The summed E-state index contributed by atoms with van der Waals surface area (Å²) in [6, 6.07) is 14.3. The molecule has 0 spiro atoms. The Balaban J connectivity index is 1.50. The summed E-state index contributed by atoms with van der Waals surface area (Å²) in [5.41, 5.74) is 2.40. The van der Waals surface area contributed by atoms with Gasteiger partial charge in [0.1, 0.15) is 12.4 Å². The molecule has 0 bridgehead atoms. The third kappa shape index (κ3) is 4.67. The Bertz CT molecular complexity index is 1160. The van der Waals surface area contributed by atoms with E-state index in [0.29, 0.717) is 23.4 Å². The van der Waals surface area contributed by atoms with E-state index in [1.807, 2.05) is 30.3 Å². The molecule has 0 aliphatic heterocycles. The molecule has 1 aromatic carbocycles. The normalized spacial score (nSPS) is 10.7. The van der Waals surface area contributed by atoms with E-state index < -0.39 is 5.82 Å². The van der Waals surface area contributed by atoms with Crippen molar-refractivity contribution in [2.75, 3.05) is 0 Å². The number of halogens is 1. The van der Waals surface area contributed by atoms with Crippen molar-refractivity contribution in [1.82, 2.24) is 24.7 Å². The van der Waals surface area contributed by atoms with Crippen molar-refractivity contribution < 1.29 is 9.13 Å². The second kappa shape index (κ2) is 8.39. The molecule has 0 saturated heterocycles. The van der Waals surface area contributed by atoms with Gasteiger partial charge in [-0.15, -0.1) is 0 Å². The van der Waals surface area contributed by atoms with Crippen molar-refractivity contribution in [2.45, 2.75) is 13.2 Å². The molecule has 0 fully saturated rings. The van der Waals surface area contributed by atoms with Gasteiger partial charge in [0, 0.05) is 30.2 Å². The molecule has 0 saturated carbocycles. The van der Waals surface area contributed by atoms with Crippen LogP contribution in [-0.2, 0) is 13.2 Å². The zero-order valence-corrected chi connectivity index (χ0v) is 15.3. The van der Waals surface area contributed by atoms with Crippen LogP contribution in [0.15, 0.2) is 78.1 Å². The maximum absolute atomic E-state index is 13.3. The van der Waals surface area contributed by atoms with Crippen molar-refractivity contribution in [2.24, 2.45) is 0 Å². The highest BCUT2D eigenvalue weighted by Gasteiger charge is 2.07. The minimum atomic E-state index is -0.466. The Kier molecular flexibility index (Phi) is 5.33. The van der Waals surface area contributed by atoms with Crippen LogP contribution < -0.4 is 10.3 Å². The van der Waals surface area contributed by atoms with Crippen molar-refractivity contribution in [3.63, 3.8) is 0 Å². The van der Waals surface area contributed by atoms with Crippen molar-refractivity contribution >= 4 is 0 Å². The summed E-state index contributed by atoms with van der Waals surface area (Å²) in [7, 11) is 0. The summed E-state index contributed by atoms with van der Waals surface area (Å²) >= 11 is 0. The van der Waals surface area contributed by atoms with E-state index in [1.165, 1.54) is 23.0 Å². The van der Waals surface area contributed by atoms with Crippen LogP contribution in [0.2, 0.25) is 0 Å². The molecule has 7 nitrogen and oxygen atoms in total. The van der Waals surface area contributed by atoms with Crippen LogP contribution in [0.3, 0.4) is 0 Å². The SMILES string of the molecule is O=c1ccc(-c2cnc(OCc3ccccc3)nc2)nn1Cc1cncc(F)c1. The number of hydrogen-bond donors (Lipinski definition) is 0. The molecule has 4 aromatic rings. The van der Waals surface area contributed by atoms with Crippen LogP contribution in [0.5, 0.6) is 6.01 Å². The lowest BCUT2D eigenvalue weighted by Crippen LogP contribution is -2.23. The Labute approximate surface area is 165 Å². The second-order valence-corrected chi connectivity index (χ2v) is 6.25. The molecule has 4 rings (SSSR count). The fourth-order valence-electron chi connectivity index (χ4n) is 2.68. The van der Waals surface area contributed by atoms with E-state index in [1.54, 1.807) is 18.5 Å². The zero-order valence-electron chi connectivity index (χ0n) is 15.3. The molecule has 0 unspecified atom stereocenters. The van der Waals surface area contributed by atoms with Gasteiger partial charge in [-0.2, -0.15) is 5.10 Å². The number of nitrogens with zero attached hydrogens (tertiary/aromatic N) is 5. The Hall–Kier alpha value is -3.94. The monoisotopic (exact) mass is 389 g/mol. The minimum absolute atomic E-state index is 0.108. The first kappa shape index (κ1) is 18.4. The topological polar surface area (TPSA) is 82.8 Å². The lowest BCUT2D eigenvalue weighted by atomic mass is 10.2. The number of rotatable bonds is 6. The molecule has 0 amide bonds. The van der Waals surface area contributed by atoms with Crippen LogP contribution in [0, 0.1) is 5.82 Å². The predicted octanol–water partition coefficient (Wildman–Crippen LogP) is 2.86. The van der Waals surface area contributed by atoms with Gasteiger partial charge in [-0.3, -0.25) is 9.78 Å². The molecule has 0 aliphatic rings. The zero-order chi connectivity index (χ0) is 20.1. The highest BCUT2D eigenvalue weighted by molar-refractivity contribution is 5.55. The molecule has 0 N–H and O–H groups in total. The number of ether oxygens (including phenoxy) is 1. The van der Waals surface area contributed by atoms with Gasteiger partial charge in [0.25, 0.3) is 5.56 Å².